The molecule has 1 heterocycles. The summed E-state index contributed by atoms with van der Waals surface area (Å²) in [5, 5.41) is 9.13. The molecule has 0 spiro atoms. The van der Waals surface area contributed by atoms with Crippen LogP contribution < -0.4 is 4.74 Å². The lowest BCUT2D eigenvalue weighted by atomic mass is 10.2. The number of carbonyl (C=O) groups is 1. The molecule has 4 nitrogen and oxygen atoms in total. The predicted octanol–water partition coefficient (Wildman–Crippen LogP) is 4.46. The van der Waals surface area contributed by atoms with E-state index >= 15 is 0 Å². The highest BCUT2D eigenvalue weighted by Crippen LogP contribution is 2.26. The molecule has 0 aliphatic rings. The van der Waals surface area contributed by atoms with Crippen molar-refractivity contribution in [1.29, 1.82) is 5.26 Å². The summed E-state index contributed by atoms with van der Waals surface area (Å²) in [6, 6.07) is 10.7. The third kappa shape index (κ3) is 4.96. The average Bonchev–Trinajstić information content (AvgIpc) is 2.96. The first-order valence-corrected chi connectivity index (χ1v) is 8.86. The third-order valence-electron chi connectivity index (χ3n) is 3.12. The highest BCUT2D eigenvalue weighted by molar-refractivity contribution is 9.11. The molecule has 0 N–H and O–H groups in total. The summed E-state index contributed by atoms with van der Waals surface area (Å²) >= 11 is 11.0. The Hall–Kier alpha value is -1.55. The van der Waals surface area contributed by atoms with Crippen LogP contribution in [0.3, 0.4) is 0 Å². The second-order valence-corrected chi connectivity index (χ2v) is 7.61. The molecule has 0 atom stereocenters. The van der Waals surface area contributed by atoms with Gasteiger partial charge in [0.1, 0.15) is 5.75 Å². The van der Waals surface area contributed by atoms with Gasteiger partial charge in [0, 0.05) is 11.4 Å². The third-order valence-corrected chi connectivity index (χ3v) is 5.03. The summed E-state index contributed by atoms with van der Waals surface area (Å²) in [7, 11) is 0. The molecule has 23 heavy (non-hydrogen) atoms. The van der Waals surface area contributed by atoms with Crippen LogP contribution in [0.4, 0.5) is 0 Å². The average molecular weight is 414 g/mol. The van der Waals surface area contributed by atoms with E-state index in [4.69, 9.17) is 21.6 Å². The van der Waals surface area contributed by atoms with Gasteiger partial charge in [-0.2, -0.15) is 5.26 Å². The molecule has 0 bridgehead atoms. The lowest BCUT2D eigenvalue weighted by Gasteiger charge is -2.20. The van der Waals surface area contributed by atoms with Crippen LogP contribution in [-0.2, 0) is 11.3 Å². The summed E-state index contributed by atoms with van der Waals surface area (Å²) in [4.78, 5) is 15.1. The van der Waals surface area contributed by atoms with Crippen molar-refractivity contribution < 1.29 is 9.53 Å². The first-order chi connectivity index (χ1) is 11.0. The van der Waals surface area contributed by atoms with Gasteiger partial charge in [0.2, 0.25) is 0 Å². The van der Waals surface area contributed by atoms with E-state index in [9.17, 15) is 4.79 Å². The number of hydrogen-bond acceptors (Lipinski definition) is 4. The summed E-state index contributed by atoms with van der Waals surface area (Å²) in [6.45, 7) is 2.98. The van der Waals surface area contributed by atoms with E-state index in [-0.39, 0.29) is 12.5 Å². The number of hydrogen-bond donors (Lipinski definition) is 0. The van der Waals surface area contributed by atoms with Gasteiger partial charge in [0.25, 0.3) is 5.91 Å². The minimum Gasteiger partial charge on any atom is -0.482 e. The summed E-state index contributed by atoms with van der Waals surface area (Å²) in [5.41, 5.74) is 0.451. The summed E-state index contributed by atoms with van der Waals surface area (Å²) in [6.07, 6.45) is 0. The molecule has 0 unspecified atom stereocenters. The number of nitrogens with zero attached hydrogens (tertiary/aromatic N) is 2. The minimum absolute atomic E-state index is 0.0913. The minimum atomic E-state index is -0.113. The lowest BCUT2D eigenvalue weighted by Crippen LogP contribution is -2.34. The van der Waals surface area contributed by atoms with Crippen LogP contribution in [-0.4, -0.2) is 24.0 Å². The zero-order valence-corrected chi connectivity index (χ0v) is 15.5. The molecule has 1 aromatic carbocycles. The monoisotopic (exact) mass is 412 g/mol. The van der Waals surface area contributed by atoms with Crippen molar-refractivity contribution in [2.45, 2.75) is 13.5 Å². The molecule has 120 valence electrons. The second-order valence-electron chi connectivity index (χ2n) is 4.66. The molecule has 7 heteroatoms. The van der Waals surface area contributed by atoms with Gasteiger partial charge in [0.05, 0.1) is 27.0 Å². The molecular weight excluding hydrogens is 400 g/mol. The fraction of sp³-hybridized carbons (Fsp3) is 0.250. The van der Waals surface area contributed by atoms with E-state index in [0.29, 0.717) is 29.4 Å². The van der Waals surface area contributed by atoms with Gasteiger partial charge in [0.15, 0.2) is 6.61 Å². The molecule has 0 saturated heterocycles. The molecular formula is C16H14BrClN2O2S. The Labute approximate surface area is 152 Å². The highest BCUT2D eigenvalue weighted by Gasteiger charge is 2.15. The molecule has 1 aromatic heterocycles. The van der Waals surface area contributed by atoms with Crippen LogP contribution >= 0.6 is 38.9 Å². The van der Waals surface area contributed by atoms with Gasteiger partial charge in [-0.05, 0) is 53.2 Å². The van der Waals surface area contributed by atoms with E-state index in [0.717, 1.165) is 8.66 Å². The number of nitriles is 1. The zero-order chi connectivity index (χ0) is 16.8. The Morgan fingerprint density at radius 3 is 2.78 bits per heavy atom. The van der Waals surface area contributed by atoms with Crippen molar-refractivity contribution >= 4 is 44.8 Å². The molecule has 1 amide bonds. The number of likely N-dealkylation sites (N-methyl/N-ethyl adjacent to an activating group) is 1. The number of rotatable bonds is 6. The van der Waals surface area contributed by atoms with E-state index in [1.54, 1.807) is 28.4 Å². The summed E-state index contributed by atoms with van der Waals surface area (Å²) in [5.74, 6) is 0.284. The smallest absolute Gasteiger partial charge is 0.260 e. The number of ether oxygens (including phenoxy) is 1. The SMILES string of the molecule is CCN(Cc1ccc(Br)s1)C(=O)COc1ccc(C#N)cc1Cl. The molecule has 2 aromatic rings. The van der Waals surface area contributed by atoms with Crippen LogP contribution in [0, 0.1) is 11.3 Å². The quantitative estimate of drug-likeness (QED) is 0.702. The van der Waals surface area contributed by atoms with Crippen LogP contribution in [0.1, 0.15) is 17.4 Å². The Kier molecular flexibility index (Phi) is 6.46. The van der Waals surface area contributed by atoms with Crippen LogP contribution in [0.25, 0.3) is 0 Å². The Bertz CT molecular complexity index is 742. The van der Waals surface area contributed by atoms with Crippen molar-refractivity contribution in [2.24, 2.45) is 0 Å². The van der Waals surface area contributed by atoms with Gasteiger partial charge >= 0.3 is 0 Å². The molecule has 0 radical (unpaired) electrons. The first-order valence-electron chi connectivity index (χ1n) is 6.88. The fourth-order valence-corrected chi connectivity index (χ4v) is 3.65. The zero-order valence-electron chi connectivity index (χ0n) is 12.4. The van der Waals surface area contributed by atoms with Crippen LogP contribution in [0.15, 0.2) is 34.1 Å². The predicted molar refractivity (Wildman–Crippen MR) is 94.8 cm³/mol. The van der Waals surface area contributed by atoms with Crippen LogP contribution in [0.5, 0.6) is 5.75 Å². The van der Waals surface area contributed by atoms with E-state index in [2.05, 4.69) is 15.9 Å². The molecule has 0 fully saturated rings. The van der Waals surface area contributed by atoms with Crippen molar-refractivity contribution in [3.05, 3.63) is 49.6 Å². The van der Waals surface area contributed by atoms with Crippen LogP contribution in [0.2, 0.25) is 5.02 Å². The maximum Gasteiger partial charge on any atom is 0.260 e. The molecule has 0 saturated carbocycles. The number of benzene rings is 1. The van der Waals surface area contributed by atoms with Crippen molar-refractivity contribution in [3.63, 3.8) is 0 Å². The lowest BCUT2D eigenvalue weighted by molar-refractivity contribution is -0.133. The standard InChI is InChI=1S/C16H14BrClN2O2S/c1-2-20(9-12-4-6-15(17)23-12)16(21)10-22-14-5-3-11(8-19)7-13(14)18/h3-7H,2,9-10H2,1H3. The Morgan fingerprint density at radius 1 is 1.43 bits per heavy atom. The number of halogens is 2. The maximum absolute atomic E-state index is 12.3. The maximum atomic E-state index is 12.3. The van der Waals surface area contributed by atoms with Gasteiger partial charge in [-0.1, -0.05) is 11.6 Å². The molecule has 2 rings (SSSR count). The first kappa shape index (κ1) is 17.8. The van der Waals surface area contributed by atoms with Crippen molar-refractivity contribution in [3.8, 4) is 11.8 Å². The Morgan fingerprint density at radius 2 is 2.22 bits per heavy atom. The van der Waals surface area contributed by atoms with Crippen molar-refractivity contribution in [2.75, 3.05) is 13.2 Å². The van der Waals surface area contributed by atoms with Gasteiger partial charge < -0.3 is 9.64 Å². The second kappa shape index (κ2) is 8.34. The van der Waals surface area contributed by atoms with E-state index < -0.39 is 0 Å². The molecule has 0 aliphatic heterocycles. The topological polar surface area (TPSA) is 53.3 Å². The van der Waals surface area contributed by atoms with E-state index in [1.807, 2.05) is 25.1 Å². The molecule has 0 aliphatic carbocycles. The van der Waals surface area contributed by atoms with Crippen molar-refractivity contribution in [1.82, 2.24) is 4.90 Å². The summed E-state index contributed by atoms with van der Waals surface area (Å²) < 4.78 is 6.52. The number of thiophene rings is 1. The fourth-order valence-electron chi connectivity index (χ4n) is 1.92. The highest BCUT2D eigenvalue weighted by atomic mass is 79.9. The van der Waals surface area contributed by atoms with Gasteiger partial charge in [-0.3, -0.25) is 4.79 Å². The largest absolute Gasteiger partial charge is 0.482 e. The Balaban J connectivity index is 1.96. The normalized spacial score (nSPS) is 10.2. The number of carbonyl (C=O) groups excluding carboxylic acids is 1. The number of amides is 1. The van der Waals surface area contributed by atoms with Gasteiger partial charge in [-0.15, -0.1) is 11.3 Å². The van der Waals surface area contributed by atoms with E-state index in [1.165, 1.54) is 6.07 Å². The van der Waals surface area contributed by atoms with Gasteiger partial charge in [-0.25, -0.2) is 0 Å².